The Labute approximate surface area is 118 Å². The zero-order chi connectivity index (χ0) is 13.4. The second kappa shape index (κ2) is 4.85. The highest BCUT2D eigenvalue weighted by atomic mass is 35.5. The summed E-state index contributed by atoms with van der Waals surface area (Å²) >= 11 is 12.0. The van der Waals surface area contributed by atoms with Crippen molar-refractivity contribution >= 4 is 34.3 Å². The average Bonchev–Trinajstić information content (AvgIpc) is 2.97. The zero-order valence-electron chi connectivity index (χ0n) is 9.73. The molecule has 0 aliphatic rings. The van der Waals surface area contributed by atoms with Crippen LogP contribution >= 0.6 is 23.2 Å². The zero-order valence-corrected chi connectivity index (χ0v) is 11.2. The summed E-state index contributed by atoms with van der Waals surface area (Å²) in [5, 5.41) is 0.939. The van der Waals surface area contributed by atoms with E-state index in [1.807, 2.05) is 0 Å². The van der Waals surface area contributed by atoms with Gasteiger partial charge in [-0.05, 0) is 12.1 Å². The van der Waals surface area contributed by atoms with E-state index in [1.165, 1.54) is 0 Å². The van der Waals surface area contributed by atoms with Crippen molar-refractivity contribution in [1.29, 1.82) is 0 Å². The first-order valence-electron chi connectivity index (χ1n) is 5.62. The van der Waals surface area contributed by atoms with Crippen LogP contribution in [0.2, 0.25) is 10.0 Å². The molecule has 7 heteroatoms. The molecule has 19 heavy (non-hydrogen) atoms. The van der Waals surface area contributed by atoms with E-state index in [-0.39, 0.29) is 6.04 Å². The van der Waals surface area contributed by atoms with Crippen molar-refractivity contribution in [1.82, 2.24) is 15.0 Å². The topological polar surface area (TPSA) is 80.7 Å². The number of hydrogen-bond donors (Lipinski definition) is 2. The number of benzene rings is 1. The van der Waals surface area contributed by atoms with Crippen LogP contribution in [0.25, 0.3) is 11.1 Å². The van der Waals surface area contributed by atoms with Crippen molar-refractivity contribution in [2.45, 2.75) is 12.5 Å². The Bertz CT molecular complexity index is 708. The van der Waals surface area contributed by atoms with E-state index >= 15 is 0 Å². The smallest absolute Gasteiger partial charge is 0.212 e. The Morgan fingerprint density at radius 3 is 2.95 bits per heavy atom. The van der Waals surface area contributed by atoms with Gasteiger partial charge in [0.1, 0.15) is 5.52 Å². The fourth-order valence-electron chi connectivity index (χ4n) is 1.86. The van der Waals surface area contributed by atoms with Gasteiger partial charge in [-0.3, -0.25) is 0 Å². The number of nitrogens with two attached hydrogens (primary N) is 1. The summed E-state index contributed by atoms with van der Waals surface area (Å²) in [5.74, 6) is 0.425. The number of nitrogens with one attached hydrogen (secondary N) is 1. The third kappa shape index (κ3) is 2.45. The summed E-state index contributed by atoms with van der Waals surface area (Å²) in [6, 6.07) is 2.93. The molecule has 98 valence electrons. The molecule has 0 amide bonds. The summed E-state index contributed by atoms with van der Waals surface area (Å²) in [5.41, 5.74) is 8.08. The highest BCUT2D eigenvalue weighted by Crippen LogP contribution is 2.30. The fraction of sp³-hybridized carbons (Fsp3) is 0.167. The molecule has 1 aromatic carbocycles. The maximum Gasteiger partial charge on any atom is 0.212 e. The van der Waals surface area contributed by atoms with Gasteiger partial charge in [0.15, 0.2) is 5.58 Å². The Balaban J connectivity index is 1.94. The van der Waals surface area contributed by atoms with Gasteiger partial charge in [0.25, 0.3) is 0 Å². The molecule has 0 aliphatic heterocycles. The van der Waals surface area contributed by atoms with Crippen molar-refractivity contribution in [2.75, 3.05) is 0 Å². The Kier molecular flexibility index (Phi) is 3.18. The van der Waals surface area contributed by atoms with E-state index < -0.39 is 0 Å². The third-order valence-electron chi connectivity index (χ3n) is 2.74. The fourth-order valence-corrected chi connectivity index (χ4v) is 2.38. The predicted octanol–water partition coefficient (Wildman–Crippen LogP) is 3.10. The lowest BCUT2D eigenvalue weighted by Crippen LogP contribution is -2.13. The maximum atomic E-state index is 6.06. The summed E-state index contributed by atoms with van der Waals surface area (Å²) < 4.78 is 5.60. The number of fused-ring (bicyclic) bond motifs is 1. The van der Waals surface area contributed by atoms with E-state index in [1.54, 1.807) is 24.7 Å². The molecule has 0 saturated carbocycles. The molecule has 0 fully saturated rings. The van der Waals surface area contributed by atoms with Gasteiger partial charge >= 0.3 is 0 Å². The molecule has 0 radical (unpaired) electrons. The van der Waals surface area contributed by atoms with E-state index in [9.17, 15) is 0 Å². The quantitative estimate of drug-likeness (QED) is 0.778. The molecule has 2 heterocycles. The lowest BCUT2D eigenvalue weighted by Gasteiger charge is -2.04. The van der Waals surface area contributed by atoms with Gasteiger partial charge in [-0.2, -0.15) is 0 Å². The number of oxazole rings is 1. The molecule has 0 aliphatic carbocycles. The first-order valence-corrected chi connectivity index (χ1v) is 6.37. The number of halogens is 2. The third-order valence-corrected chi connectivity index (χ3v) is 3.24. The molecule has 1 atom stereocenters. The minimum absolute atomic E-state index is 0.373. The van der Waals surface area contributed by atoms with Gasteiger partial charge < -0.3 is 15.1 Å². The molecule has 1 unspecified atom stereocenters. The standard InChI is InChI=1S/C12H10Cl2N4O/c13-6-1-8(14)11-10(2-6)18-12(19-11)9(15)3-7-4-16-5-17-7/h1-2,4-5,9H,3,15H2,(H,16,17). The first-order chi connectivity index (χ1) is 9.13. The van der Waals surface area contributed by atoms with E-state index in [2.05, 4.69) is 15.0 Å². The van der Waals surface area contributed by atoms with Crippen LogP contribution in [0.1, 0.15) is 17.6 Å². The van der Waals surface area contributed by atoms with Crippen LogP contribution in [-0.2, 0) is 6.42 Å². The average molecular weight is 297 g/mol. The molecule has 0 spiro atoms. The van der Waals surface area contributed by atoms with E-state index in [0.29, 0.717) is 33.5 Å². The van der Waals surface area contributed by atoms with Crippen molar-refractivity contribution in [3.8, 4) is 0 Å². The summed E-state index contributed by atoms with van der Waals surface area (Å²) in [4.78, 5) is 11.2. The molecule has 0 saturated heterocycles. The maximum absolute atomic E-state index is 6.06. The summed E-state index contributed by atoms with van der Waals surface area (Å²) in [6.45, 7) is 0. The van der Waals surface area contributed by atoms with Crippen LogP contribution in [0, 0.1) is 0 Å². The van der Waals surface area contributed by atoms with Crippen LogP contribution in [0.5, 0.6) is 0 Å². The largest absolute Gasteiger partial charge is 0.437 e. The molecule has 3 N–H and O–H groups in total. The number of aromatic nitrogens is 3. The van der Waals surface area contributed by atoms with Gasteiger partial charge in [-0.25, -0.2) is 9.97 Å². The SMILES string of the molecule is NC(Cc1cnc[nH]1)c1nc2cc(Cl)cc(Cl)c2o1. The number of H-pyrrole nitrogens is 1. The lowest BCUT2D eigenvalue weighted by atomic mass is 10.2. The molecule has 0 bridgehead atoms. The Morgan fingerprint density at radius 1 is 1.37 bits per heavy atom. The van der Waals surface area contributed by atoms with Crippen molar-refractivity contribution in [3.63, 3.8) is 0 Å². The minimum atomic E-state index is -0.373. The van der Waals surface area contributed by atoms with Gasteiger partial charge in [-0.1, -0.05) is 23.2 Å². The molecule has 3 aromatic rings. The number of rotatable bonds is 3. The predicted molar refractivity (Wildman–Crippen MR) is 73.2 cm³/mol. The van der Waals surface area contributed by atoms with Gasteiger partial charge in [0.05, 0.1) is 17.4 Å². The molecule has 5 nitrogen and oxygen atoms in total. The highest BCUT2D eigenvalue weighted by Gasteiger charge is 2.17. The van der Waals surface area contributed by atoms with Gasteiger partial charge in [-0.15, -0.1) is 0 Å². The second-order valence-electron chi connectivity index (χ2n) is 4.18. The van der Waals surface area contributed by atoms with Gasteiger partial charge in [0.2, 0.25) is 5.89 Å². The Hall–Kier alpha value is -1.56. The van der Waals surface area contributed by atoms with Crippen LogP contribution in [-0.4, -0.2) is 15.0 Å². The normalized spacial score (nSPS) is 13.0. The second-order valence-corrected chi connectivity index (χ2v) is 5.02. The molecular formula is C12H10Cl2N4O. The van der Waals surface area contributed by atoms with Crippen molar-refractivity contribution in [3.05, 3.63) is 46.3 Å². The van der Waals surface area contributed by atoms with Crippen LogP contribution in [0.4, 0.5) is 0 Å². The van der Waals surface area contributed by atoms with Crippen LogP contribution < -0.4 is 5.73 Å². The van der Waals surface area contributed by atoms with E-state index in [0.717, 1.165) is 5.69 Å². The number of hydrogen-bond acceptors (Lipinski definition) is 4. The summed E-state index contributed by atoms with van der Waals surface area (Å²) in [6.07, 6.45) is 3.87. The number of nitrogens with zero attached hydrogens (tertiary/aromatic N) is 2. The highest BCUT2D eigenvalue weighted by molar-refractivity contribution is 6.37. The van der Waals surface area contributed by atoms with Crippen LogP contribution in [0.3, 0.4) is 0 Å². The molecule has 2 aromatic heterocycles. The molecule has 3 rings (SSSR count). The number of imidazole rings is 1. The number of aromatic amines is 1. The minimum Gasteiger partial charge on any atom is -0.437 e. The van der Waals surface area contributed by atoms with E-state index in [4.69, 9.17) is 33.4 Å². The van der Waals surface area contributed by atoms with Crippen LogP contribution in [0.15, 0.2) is 29.1 Å². The van der Waals surface area contributed by atoms with Crippen molar-refractivity contribution in [2.24, 2.45) is 5.73 Å². The summed E-state index contributed by atoms with van der Waals surface area (Å²) in [7, 11) is 0. The first kappa shape index (κ1) is 12.5. The van der Waals surface area contributed by atoms with Crippen molar-refractivity contribution < 1.29 is 4.42 Å². The molecular weight excluding hydrogens is 287 g/mol. The van der Waals surface area contributed by atoms with Gasteiger partial charge in [0, 0.05) is 23.3 Å². The lowest BCUT2D eigenvalue weighted by molar-refractivity contribution is 0.472. The Morgan fingerprint density at radius 2 is 2.21 bits per heavy atom. The monoisotopic (exact) mass is 296 g/mol.